The Morgan fingerprint density at radius 1 is 1.33 bits per heavy atom. The molecule has 2 rings (SSSR count). The summed E-state index contributed by atoms with van der Waals surface area (Å²) in [6.07, 6.45) is 4.21. The van der Waals surface area contributed by atoms with E-state index < -0.39 is 15.6 Å². The van der Waals surface area contributed by atoms with Gasteiger partial charge in [0, 0.05) is 6.04 Å². The predicted molar refractivity (Wildman–Crippen MR) is 86.3 cm³/mol. The van der Waals surface area contributed by atoms with Crippen molar-refractivity contribution in [2.75, 3.05) is 13.4 Å². The molecule has 0 aromatic heterocycles. The average Bonchev–Trinajstić information content (AvgIpc) is 2.40. The van der Waals surface area contributed by atoms with Gasteiger partial charge in [0.1, 0.15) is 5.75 Å². The normalized spacial score (nSPS) is 26.0. The molecule has 0 aliphatic heterocycles. The van der Waals surface area contributed by atoms with Gasteiger partial charge >= 0.3 is 0 Å². The number of nitrogens with two attached hydrogens (primary N) is 1. The number of benzene rings is 1. The molecule has 0 amide bonds. The summed E-state index contributed by atoms with van der Waals surface area (Å²) in [5, 5.41) is 0. The maximum atomic E-state index is 11.7. The van der Waals surface area contributed by atoms with Crippen molar-refractivity contribution in [3.63, 3.8) is 0 Å². The average molecular weight is 335 g/mol. The zero-order valence-electron chi connectivity index (χ0n) is 12.3. The van der Waals surface area contributed by atoms with Gasteiger partial charge in [-0.05, 0) is 43.4 Å². The van der Waals surface area contributed by atoms with Crippen LogP contribution >= 0.6 is 12.4 Å². The third-order valence-electron chi connectivity index (χ3n) is 3.89. The van der Waals surface area contributed by atoms with Crippen LogP contribution in [0.15, 0.2) is 24.3 Å². The number of hydrogen-bond donors (Lipinski definition) is 2. The van der Waals surface area contributed by atoms with Gasteiger partial charge in [0.25, 0.3) is 0 Å². The highest BCUT2D eigenvalue weighted by Crippen LogP contribution is 2.38. The van der Waals surface area contributed by atoms with Crippen LogP contribution in [0.5, 0.6) is 5.75 Å². The highest BCUT2D eigenvalue weighted by Gasteiger charge is 2.38. The fourth-order valence-electron chi connectivity index (χ4n) is 2.86. The first-order chi connectivity index (χ1) is 9.35. The van der Waals surface area contributed by atoms with Crippen LogP contribution in [0.2, 0.25) is 0 Å². The zero-order chi connectivity index (χ0) is 14.8. The van der Waals surface area contributed by atoms with Crippen molar-refractivity contribution in [3.05, 3.63) is 29.8 Å². The van der Waals surface area contributed by atoms with Gasteiger partial charge in [-0.25, -0.2) is 13.1 Å². The largest absolute Gasteiger partial charge is 0.497 e. The van der Waals surface area contributed by atoms with E-state index in [1.165, 1.54) is 6.26 Å². The third kappa shape index (κ3) is 4.57. The summed E-state index contributed by atoms with van der Waals surface area (Å²) in [6.45, 7) is 0. The fraction of sp³-hybridized carbons (Fsp3) is 0.571. The second-order valence-electron chi connectivity index (χ2n) is 5.53. The van der Waals surface area contributed by atoms with Crippen molar-refractivity contribution < 1.29 is 13.2 Å². The summed E-state index contributed by atoms with van der Waals surface area (Å²) in [5.74, 6) is 0.729. The van der Waals surface area contributed by atoms with Gasteiger partial charge in [-0.3, -0.25) is 0 Å². The lowest BCUT2D eigenvalue weighted by Crippen LogP contribution is -2.49. The predicted octanol–water partition coefficient (Wildman–Crippen LogP) is 1.76. The van der Waals surface area contributed by atoms with Crippen LogP contribution in [0, 0.1) is 0 Å². The lowest BCUT2D eigenvalue weighted by molar-refractivity contribution is 0.252. The van der Waals surface area contributed by atoms with Crippen molar-refractivity contribution in [1.82, 2.24) is 4.72 Å². The Labute approximate surface area is 132 Å². The van der Waals surface area contributed by atoms with Crippen molar-refractivity contribution in [3.8, 4) is 5.75 Å². The van der Waals surface area contributed by atoms with E-state index >= 15 is 0 Å². The molecule has 0 atom stereocenters. The maximum absolute atomic E-state index is 11.7. The van der Waals surface area contributed by atoms with Crippen LogP contribution in [-0.2, 0) is 15.6 Å². The van der Waals surface area contributed by atoms with Crippen molar-refractivity contribution in [2.45, 2.75) is 37.3 Å². The molecule has 5 nitrogen and oxygen atoms in total. The highest BCUT2D eigenvalue weighted by atomic mass is 35.5. The van der Waals surface area contributed by atoms with E-state index in [4.69, 9.17) is 10.5 Å². The molecule has 0 bridgehead atoms. The van der Waals surface area contributed by atoms with Gasteiger partial charge in [0.15, 0.2) is 0 Å². The van der Waals surface area contributed by atoms with E-state index in [0.29, 0.717) is 12.8 Å². The molecule has 120 valence electrons. The van der Waals surface area contributed by atoms with Crippen molar-refractivity contribution in [1.29, 1.82) is 0 Å². The van der Waals surface area contributed by atoms with Gasteiger partial charge in [-0.1, -0.05) is 12.1 Å². The number of nitrogens with one attached hydrogen (secondary N) is 1. The Kier molecular flexibility index (Phi) is 6.04. The van der Waals surface area contributed by atoms with Gasteiger partial charge in [-0.15, -0.1) is 12.4 Å². The molecule has 21 heavy (non-hydrogen) atoms. The van der Waals surface area contributed by atoms with Crippen LogP contribution < -0.4 is 15.2 Å². The molecule has 1 aliphatic rings. The summed E-state index contributed by atoms with van der Waals surface area (Å²) in [5.41, 5.74) is 6.32. The number of methoxy groups -OCH3 is 1. The second-order valence-corrected chi connectivity index (χ2v) is 7.27. The first-order valence-electron chi connectivity index (χ1n) is 6.74. The van der Waals surface area contributed by atoms with Gasteiger partial charge < -0.3 is 10.5 Å². The van der Waals surface area contributed by atoms with Crippen molar-refractivity contribution in [2.24, 2.45) is 5.73 Å². The molecule has 1 aliphatic carbocycles. The zero-order valence-corrected chi connectivity index (χ0v) is 14.0. The minimum Gasteiger partial charge on any atom is -0.497 e. The van der Waals surface area contributed by atoms with E-state index in [-0.39, 0.29) is 18.4 Å². The molecule has 1 saturated carbocycles. The Bertz CT molecular complexity index is 569. The SMILES string of the molecule is COc1cccc(C2(NS(C)(=O)=O)CCC(N)CC2)c1.Cl. The first-order valence-corrected chi connectivity index (χ1v) is 8.63. The number of halogens is 1. The molecule has 0 spiro atoms. The van der Waals surface area contributed by atoms with E-state index in [0.717, 1.165) is 24.2 Å². The minimum absolute atomic E-state index is 0. The Morgan fingerprint density at radius 2 is 1.95 bits per heavy atom. The number of sulfonamides is 1. The monoisotopic (exact) mass is 334 g/mol. The lowest BCUT2D eigenvalue weighted by atomic mass is 9.76. The van der Waals surface area contributed by atoms with Gasteiger partial charge in [-0.2, -0.15) is 0 Å². The molecule has 1 aromatic rings. The molecule has 0 heterocycles. The number of ether oxygens (including phenoxy) is 1. The molecular weight excluding hydrogens is 312 g/mol. The minimum atomic E-state index is -3.30. The summed E-state index contributed by atoms with van der Waals surface area (Å²) in [4.78, 5) is 0. The Balaban J connectivity index is 0.00000220. The smallest absolute Gasteiger partial charge is 0.209 e. The Hall–Kier alpha value is -0.820. The Morgan fingerprint density at radius 3 is 2.48 bits per heavy atom. The lowest BCUT2D eigenvalue weighted by Gasteiger charge is -2.40. The number of hydrogen-bond acceptors (Lipinski definition) is 4. The first kappa shape index (κ1) is 18.2. The van der Waals surface area contributed by atoms with Gasteiger partial charge in [0.05, 0.1) is 18.9 Å². The maximum Gasteiger partial charge on any atom is 0.209 e. The quantitative estimate of drug-likeness (QED) is 0.879. The third-order valence-corrected chi connectivity index (χ3v) is 4.65. The molecule has 0 saturated heterocycles. The number of rotatable bonds is 4. The van der Waals surface area contributed by atoms with Crippen molar-refractivity contribution >= 4 is 22.4 Å². The molecule has 1 aromatic carbocycles. The molecule has 7 heteroatoms. The van der Waals surface area contributed by atoms with E-state index in [9.17, 15) is 8.42 Å². The summed E-state index contributed by atoms with van der Waals surface area (Å²) < 4.78 is 31.5. The highest BCUT2D eigenvalue weighted by molar-refractivity contribution is 7.88. The van der Waals surface area contributed by atoms with Crippen LogP contribution in [0.1, 0.15) is 31.2 Å². The van der Waals surface area contributed by atoms with E-state index in [2.05, 4.69) is 4.72 Å². The van der Waals surface area contributed by atoms with Gasteiger partial charge in [0.2, 0.25) is 10.0 Å². The van der Waals surface area contributed by atoms with E-state index in [1.807, 2.05) is 24.3 Å². The summed E-state index contributed by atoms with van der Waals surface area (Å²) in [7, 11) is -1.70. The van der Waals surface area contributed by atoms with Crippen LogP contribution in [0.25, 0.3) is 0 Å². The standard InChI is InChI=1S/C14H22N2O3S.ClH/c1-19-13-5-3-4-11(10-13)14(16-20(2,17)18)8-6-12(15)7-9-14;/h3-5,10,12,16H,6-9,15H2,1-2H3;1H. The molecule has 1 fully saturated rings. The van der Waals surface area contributed by atoms with Crippen LogP contribution in [0.4, 0.5) is 0 Å². The fourth-order valence-corrected chi connectivity index (χ4v) is 3.89. The molecule has 0 unspecified atom stereocenters. The van der Waals surface area contributed by atoms with Crippen LogP contribution in [0.3, 0.4) is 0 Å². The second kappa shape index (κ2) is 6.96. The molecule has 0 radical (unpaired) electrons. The van der Waals surface area contributed by atoms with Crippen LogP contribution in [-0.4, -0.2) is 27.8 Å². The topological polar surface area (TPSA) is 81.4 Å². The summed E-state index contributed by atoms with van der Waals surface area (Å²) in [6, 6.07) is 7.72. The summed E-state index contributed by atoms with van der Waals surface area (Å²) >= 11 is 0. The van der Waals surface area contributed by atoms with E-state index in [1.54, 1.807) is 7.11 Å². The molecule has 3 N–H and O–H groups in total. The molecular formula is C14H23ClN2O3S.